The van der Waals surface area contributed by atoms with E-state index in [0.29, 0.717) is 6.42 Å². The van der Waals surface area contributed by atoms with Gasteiger partial charge in [0.2, 0.25) is 0 Å². The van der Waals surface area contributed by atoms with Gasteiger partial charge in [0.15, 0.2) is 0 Å². The van der Waals surface area contributed by atoms with E-state index in [9.17, 15) is 14.7 Å². The van der Waals surface area contributed by atoms with Crippen molar-refractivity contribution >= 4 is 11.9 Å². The summed E-state index contributed by atoms with van der Waals surface area (Å²) in [6.45, 7) is 2.30. The van der Waals surface area contributed by atoms with Crippen molar-refractivity contribution in [2.24, 2.45) is 5.92 Å². The first kappa shape index (κ1) is 45.9. The molecule has 0 aromatic carbocycles. The van der Waals surface area contributed by atoms with E-state index in [1.54, 1.807) is 0 Å². The SMILES string of the molecule is CCCCCCCCCCCCCCCCCCCCCCCCCCC(CCCCCCCCCCCCCCC(=O)O)C(=O)O. The minimum absolute atomic E-state index is 0.134. The smallest absolute Gasteiger partial charge is 0.306 e. The molecular formula is C43H84O4. The summed E-state index contributed by atoms with van der Waals surface area (Å²) < 4.78 is 0. The van der Waals surface area contributed by atoms with Crippen LogP contribution in [0.2, 0.25) is 0 Å². The van der Waals surface area contributed by atoms with Crippen LogP contribution < -0.4 is 0 Å². The summed E-state index contributed by atoms with van der Waals surface area (Å²) in [7, 11) is 0. The van der Waals surface area contributed by atoms with Crippen LogP contribution in [0.1, 0.15) is 257 Å². The molecule has 0 saturated carbocycles. The molecule has 1 unspecified atom stereocenters. The minimum atomic E-state index is -0.676. The Balaban J connectivity index is 3.33. The predicted molar refractivity (Wildman–Crippen MR) is 204 cm³/mol. The van der Waals surface area contributed by atoms with Crippen molar-refractivity contribution in [1.29, 1.82) is 0 Å². The maximum atomic E-state index is 11.7. The van der Waals surface area contributed by atoms with E-state index in [2.05, 4.69) is 6.92 Å². The maximum Gasteiger partial charge on any atom is 0.306 e. The van der Waals surface area contributed by atoms with Crippen molar-refractivity contribution in [3.05, 3.63) is 0 Å². The average Bonchev–Trinajstić information content (AvgIpc) is 3.05. The fourth-order valence-electron chi connectivity index (χ4n) is 7.18. The fraction of sp³-hybridized carbons (Fsp3) is 0.953. The Labute approximate surface area is 294 Å². The number of aliphatic carboxylic acids is 2. The number of carbonyl (C=O) groups is 2. The first-order chi connectivity index (χ1) is 23.1. The van der Waals surface area contributed by atoms with E-state index in [-0.39, 0.29) is 5.92 Å². The van der Waals surface area contributed by atoms with Gasteiger partial charge in [-0.05, 0) is 19.3 Å². The quantitative estimate of drug-likeness (QED) is 0.0638. The second-order valence-corrected chi connectivity index (χ2v) is 15.1. The molecule has 0 heterocycles. The van der Waals surface area contributed by atoms with Gasteiger partial charge in [-0.2, -0.15) is 0 Å². The number of hydrogen-bond acceptors (Lipinski definition) is 2. The Morgan fingerprint density at radius 2 is 0.553 bits per heavy atom. The van der Waals surface area contributed by atoms with Crippen molar-refractivity contribution in [1.82, 2.24) is 0 Å². The van der Waals surface area contributed by atoms with E-state index >= 15 is 0 Å². The molecule has 4 heteroatoms. The second-order valence-electron chi connectivity index (χ2n) is 15.1. The normalized spacial score (nSPS) is 12.1. The monoisotopic (exact) mass is 665 g/mol. The van der Waals surface area contributed by atoms with Crippen LogP contribution in [0.5, 0.6) is 0 Å². The van der Waals surface area contributed by atoms with Gasteiger partial charge in [0.05, 0.1) is 5.92 Å². The highest BCUT2D eigenvalue weighted by Crippen LogP contribution is 2.21. The van der Waals surface area contributed by atoms with E-state index < -0.39 is 11.9 Å². The summed E-state index contributed by atoms with van der Waals surface area (Å²) in [5.41, 5.74) is 0. The lowest BCUT2D eigenvalue weighted by Gasteiger charge is -2.12. The molecule has 0 fully saturated rings. The molecule has 2 N–H and O–H groups in total. The lowest BCUT2D eigenvalue weighted by molar-refractivity contribution is -0.142. The predicted octanol–water partition coefficient (Wildman–Crippen LogP) is 15.0. The number of hydrogen-bond donors (Lipinski definition) is 2. The zero-order valence-electron chi connectivity index (χ0n) is 31.9. The molecule has 0 saturated heterocycles. The Morgan fingerprint density at radius 3 is 0.766 bits per heavy atom. The molecule has 47 heavy (non-hydrogen) atoms. The highest BCUT2D eigenvalue weighted by Gasteiger charge is 2.16. The van der Waals surface area contributed by atoms with Gasteiger partial charge in [-0.1, -0.05) is 232 Å². The van der Waals surface area contributed by atoms with Gasteiger partial charge < -0.3 is 10.2 Å². The van der Waals surface area contributed by atoms with E-state index in [0.717, 1.165) is 44.9 Å². The van der Waals surface area contributed by atoms with Crippen LogP contribution in [-0.2, 0) is 9.59 Å². The molecule has 0 radical (unpaired) electrons. The van der Waals surface area contributed by atoms with Gasteiger partial charge in [-0.25, -0.2) is 0 Å². The second kappa shape index (κ2) is 39.4. The number of carboxylic acids is 2. The Hall–Kier alpha value is -1.06. The third-order valence-electron chi connectivity index (χ3n) is 10.4. The maximum absolute atomic E-state index is 11.7. The van der Waals surface area contributed by atoms with Crippen LogP contribution in [0.4, 0.5) is 0 Å². The molecule has 1 atom stereocenters. The third kappa shape index (κ3) is 39.3. The number of carboxylic acid groups (broad SMARTS) is 2. The number of rotatable bonds is 41. The molecule has 4 nitrogen and oxygen atoms in total. The molecule has 0 aliphatic heterocycles. The lowest BCUT2D eigenvalue weighted by Crippen LogP contribution is -2.13. The van der Waals surface area contributed by atoms with Gasteiger partial charge in [-0.15, -0.1) is 0 Å². The van der Waals surface area contributed by atoms with E-state index in [1.807, 2.05) is 0 Å². The van der Waals surface area contributed by atoms with Crippen molar-refractivity contribution in [2.75, 3.05) is 0 Å². The molecule has 280 valence electrons. The lowest BCUT2D eigenvalue weighted by atomic mass is 9.94. The summed E-state index contributed by atoms with van der Waals surface area (Å²) in [6.07, 6.45) is 49.7. The first-order valence-corrected chi connectivity index (χ1v) is 21.5. The van der Waals surface area contributed by atoms with Gasteiger partial charge in [0, 0.05) is 6.42 Å². The topological polar surface area (TPSA) is 74.6 Å². The zero-order chi connectivity index (χ0) is 34.3. The Kier molecular flexibility index (Phi) is 38.5. The van der Waals surface area contributed by atoms with Gasteiger partial charge >= 0.3 is 11.9 Å². The van der Waals surface area contributed by atoms with Crippen LogP contribution in [-0.4, -0.2) is 22.2 Å². The van der Waals surface area contributed by atoms with Crippen molar-refractivity contribution in [3.8, 4) is 0 Å². The molecule has 0 rings (SSSR count). The van der Waals surface area contributed by atoms with Crippen LogP contribution in [0.3, 0.4) is 0 Å². The molecule has 0 aliphatic rings. The summed E-state index contributed by atoms with van der Waals surface area (Å²) in [5.74, 6) is -1.39. The van der Waals surface area contributed by atoms with Crippen LogP contribution in [0.25, 0.3) is 0 Å². The fourth-order valence-corrected chi connectivity index (χ4v) is 7.18. The molecular weight excluding hydrogens is 580 g/mol. The summed E-state index contributed by atoms with van der Waals surface area (Å²) >= 11 is 0. The highest BCUT2D eigenvalue weighted by atomic mass is 16.4. The molecule has 0 aromatic rings. The highest BCUT2D eigenvalue weighted by molar-refractivity contribution is 5.69. The number of unbranched alkanes of at least 4 members (excludes halogenated alkanes) is 34. The van der Waals surface area contributed by atoms with Crippen molar-refractivity contribution in [3.63, 3.8) is 0 Å². The van der Waals surface area contributed by atoms with Gasteiger partial charge in [-0.3, -0.25) is 9.59 Å². The van der Waals surface area contributed by atoms with Crippen molar-refractivity contribution < 1.29 is 19.8 Å². The average molecular weight is 665 g/mol. The molecule has 0 bridgehead atoms. The van der Waals surface area contributed by atoms with E-state index in [4.69, 9.17) is 5.11 Å². The summed E-state index contributed by atoms with van der Waals surface area (Å²) in [6, 6.07) is 0. The van der Waals surface area contributed by atoms with Gasteiger partial charge in [0.25, 0.3) is 0 Å². The zero-order valence-corrected chi connectivity index (χ0v) is 31.9. The molecule has 0 aliphatic carbocycles. The van der Waals surface area contributed by atoms with E-state index in [1.165, 1.54) is 199 Å². The first-order valence-electron chi connectivity index (χ1n) is 21.5. The standard InChI is InChI=1S/C43H84O4/c1-2-3-4-5-6-7-8-9-10-11-12-13-14-15-16-17-18-19-20-23-26-29-32-35-38-41(43(46)47)39-36-33-30-27-24-21-22-25-28-31-34-37-40-42(44)45/h41H,2-40H2,1H3,(H,44,45)(H,46,47). The molecule has 0 aromatic heterocycles. The minimum Gasteiger partial charge on any atom is -0.481 e. The molecule has 0 amide bonds. The van der Waals surface area contributed by atoms with Crippen molar-refractivity contribution in [2.45, 2.75) is 257 Å². The Bertz CT molecular complexity index is 633. The van der Waals surface area contributed by atoms with Crippen LogP contribution >= 0.6 is 0 Å². The van der Waals surface area contributed by atoms with Crippen LogP contribution in [0, 0.1) is 5.92 Å². The molecule has 0 spiro atoms. The summed E-state index contributed by atoms with van der Waals surface area (Å²) in [4.78, 5) is 22.2. The van der Waals surface area contributed by atoms with Crippen LogP contribution in [0.15, 0.2) is 0 Å². The van der Waals surface area contributed by atoms with Gasteiger partial charge in [0.1, 0.15) is 0 Å². The summed E-state index contributed by atoms with van der Waals surface area (Å²) in [5, 5.41) is 18.3. The largest absolute Gasteiger partial charge is 0.481 e. The Morgan fingerprint density at radius 1 is 0.340 bits per heavy atom. The third-order valence-corrected chi connectivity index (χ3v) is 10.4.